The lowest BCUT2D eigenvalue weighted by Crippen LogP contribution is -2.00. The SMILES string of the molecule is CCc1nsc(ON)n1. The highest BCUT2D eigenvalue weighted by molar-refractivity contribution is 7.07. The van der Waals surface area contributed by atoms with Gasteiger partial charge in [-0.25, -0.2) is 0 Å². The van der Waals surface area contributed by atoms with Crippen LogP contribution in [0.1, 0.15) is 12.7 Å². The Kier molecular flexibility index (Phi) is 1.96. The van der Waals surface area contributed by atoms with Gasteiger partial charge in [0.15, 0.2) is 0 Å². The molecule has 5 heteroatoms. The molecule has 0 fully saturated rings. The molecule has 0 unspecified atom stereocenters. The third kappa shape index (κ3) is 1.36. The first-order valence-corrected chi connectivity index (χ1v) is 3.33. The van der Waals surface area contributed by atoms with E-state index in [-0.39, 0.29) is 0 Å². The van der Waals surface area contributed by atoms with E-state index in [1.54, 1.807) is 0 Å². The van der Waals surface area contributed by atoms with E-state index in [1.807, 2.05) is 6.92 Å². The third-order valence-electron chi connectivity index (χ3n) is 0.866. The average molecular weight is 145 g/mol. The first kappa shape index (κ1) is 6.44. The third-order valence-corrected chi connectivity index (χ3v) is 1.51. The largest absolute Gasteiger partial charge is 0.378 e. The zero-order chi connectivity index (χ0) is 6.69. The number of hydrogen-bond donors (Lipinski definition) is 1. The molecule has 0 spiro atoms. The molecule has 2 N–H and O–H groups in total. The molecular formula is C4H7N3OS. The molecule has 0 aromatic carbocycles. The van der Waals surface area contributed by atoms with Gasteiger partial charge in [0, 0.05) is 18.0 Å². The maximum absolute atomic E-state index is 4.83. The average Bonchev–Trinajstić information content (AvgIpc) is 2.34. The van der Waals surface area contributed by atoms with Gasteiger partial charge in [-0.05, 0) is 0 Å². The van der Waals surface area contributed by atoms with Gasteiger partial charge in [0.2, 0.25) is 0 Å². The first-order chi connectivity index (χ1) is 4.36. The quantitative estimate of drug-likeness (QED) is 0.610. The summed E-state index contributed by atoms with van der Waals surface area (Å²) in [5, 5.41) is 0.423. The van der Waals surface area contributed by atoms with E-state index in [4.69, 9.17) is 5.90 Å². The van der Waals surface area contributed by atoms with Crippen LogP contribution in [0.4, 0.5) is 0 Å². The maximum atomic E-state index is 4.83. The Hall–Kier alpha value is -0.680. The summed E-state index contributed by atoms with van der Waals surface area (Å²) in [6.07, 6.45) is 0.819. The van der Waals surface area contributed by atoms with Crippen molar-refractivity contribution in [3.8, 4) is 5.19 Å². The molecule has 0 bridgehead atoms. The topological polar surface area (TPSA) is 61.0 Å². The molecule has 0 atom stereocenters. The predicted molar refractivity (Wildman–Crippen MR) is 34.1 cm³/mol. The number of nitrogens with zero attached hydrogens (tertiary/aromatic N) is 2. The van der Waals surface area contributed by atoms with Crippen LogP contribution in [0.15, 0.2) is 0 Å². The van der Waals surface area contributed by atoms with E-state index in [0.29, 0.717) is 5.19 Å². The molecule has 0 aliphatic carbocycles. The van der Waals surface area contributed by atoms with Gasteiger partial charge in [0.1, 0.15) is 5.82 Å². The summed E-state index contributed by atoms with van der Waals surface area (Å²) < 4.78 is 3.93. The Morgan fingerprint density at radius 2 is 2.56 bits per heavy atom. The summed E-state index contributed by atoms with van der Waals surface area (Å²) >= 11 is 1.17. The Balaban J connectivity index is 2.74. The van der Waals surface area contributed by atoms with Crippen molar-refractivity contribution in [1.29, 1.82) is 0 Å². The number of aryl methyl sites for hydroxylation is 1. The van der Waals surface area contributed by atoms with Crippen LogP contribution in [-0.2, 0) is 6.42 Å². The Morgan fingerprint density at radius 3 is 2.89 bits per heavy atom. The van der Waals surface area contributed by atoms with Crippen molar-refractivity contribution in [3.63, 3.8) is 0 Å². The van der Waals surface area contributed by atoms with E-state index in [1.165, 1.54) is 11.5 Å². The molecule has 0 saturated carbocycles. The Morgan fingerprint density at radius 1 is 1.78 bits per heavy atom. The number of nitrogens with two attached hydrogens (primary N) is 1. The van der Waals surface area contributed by atoms with Crippen molar-refractivity contribution >= 4 is 11.5 Å². The molecule has 0 amide bonds. The van der Waals surface area contributed by atoms with Gasteiger partial charge in [-0.1, -0.05) is 6.92 Å². The van der Waals surface area contributed by atoms with Gasteiger partial charge < -0.3 is 4.84 Å². The fraction of sp³-hybridized carbons (Fsp3) is 0.500. The van der Waals surface area contributed by atoms with Crippen LogP contribution >= 0.6 is 11.5 Å². The van der Waals surface area contributed by atoms with E-state index >= 15 is 0 Å². The minimum atomic E-state index is 0.423. The monoisotopic (exact) mass is 145 g/mol. The normalized spacial score (nSPS) is 9.56. The first-order valence-electron chi connectivity index (χ1n) is 2.56. The molecule has 0 aliphatic rings. The highest BCUT2D eigenvalue weighted by Gasteiger charge is 1.99. The lowest BCUT2D eigenvalue weighted by Gasteiger charge is -1.83. The number of aromatic nitrogens is 2. The van der Waals surface area contributed by atoms with E-state index in [0.717, 1.165) is 12.2 Å². The predicted octanol–water partition coefficient (Wildman–Crippen LogP) is 0.353. The summed E-state index contributed by atoms with van der Waals surface area (Å²) in [6, 6.07) is 0. The van der Waals surface area contributed by atoms with E-state index in [9.17, 15) is 0 Å². The molecule has 50 valence electrons. The van der Waals surface area contributed by atoms with Crippen molar-refractivity contribution in [3.05, 3.63) is 5.82 Å². The van der Waals surface area contributed by atoms with E-state index in [2.05, 4.69) is 14.2 Å². The molecular weight excluding hydrogens is 138 g/mol. The zero-order valence-electron chi connectivity index (χ0n) is 5.00. The molecule has 4 nitrogen and oxygen atoms in total. The molecule has 1 aromatic heterocycles. The summed E-state index contributed by atoms with van der Waals surface area (Å²) in [5.74, 6) is 5.60. The lowest BCUT2D eigenvalue weighted by molar-refractivity contribution is 0.332. The standard InChI is InChI=1S/C4H7N3OS/c1-2-3-6-4(8-5)9-7-3/h2,5H2,1H3. The Bertz CT molecular complexity index is 169. The highest BCUT2D eigenvalue weighted by Crippen LogP contribution is 2.11. The van der Waals surface area contributed by atoms with Gasteiger partial charge >= 0.3 is 5.19 Å². The molecule has 1 rings (SSSR count). The second-order valence-electron chi connectivity index (χ2n) is 1.45. The number of hydrogen-bond acceptors (Lipinski definition) is 5. The second-order valence-corrected chi connectivity index (χ2v) is 2.16. The van der Waals surface area contributed by atoms with Crippen molar-refractivity contribution in [2.24, 2.45) is 5.90 Å². The molecule has 0 radical (unpaired) electrons. The zero-order valence-corrected chi connectivity index (χ0v) is 5.81. The van der Waals surface area contributed by atoms with Crippen molar-refractivity contribution in [2.45, 2.75) is 13.3 Å². The van der Waals surface area contributed by atoms with Gasteiger partial charge in [-0.3, -0.25) is 0 Å². The summed E-state index contributed by atoms with van der Waals surface area (Å²) in [5.41, 5.74) is 0. The van der Waals surface area contributed by atoms with Crippen LogP contribution < -0.4 is 10.7 Å². The maximum Gasteiger partial charge on any atom is 0.313 e. The van der Waals surface area contributed by atoms with Crippen LogP contribution in [0.25, 0.3) is 0 Å². The summed E-state index contributed by atoms with van der Waals surface area (Å²) in [7, 11) is 0. The van der Waals surface area contributed by atoms with E-state index < -0.39 is 0 Å². The van der Waals surface area contributed by atoms with Crippen LogP contribution in [0.2, 0.25) is 0 Å². The number of rotatable bonds is 2. The van der Waals surface area contributed by atoms with Crippen LogP contribution in [0.3, 0.4) is 0 Å². The van der Waals surface area contributed by atoms with Gasteiger partial charge in [0.25, 0.3) is 0 Å². The van der Waals surface area contributed by atoms with Gasteiger partial charge in [-0.2, -0.15) is 15.3 Å². The van der Waals surface area contributed by atoms with Crippen molar-refractivity contribution < 1.29 is 4.84 Å². The van der Waals surface area contributed by atoms with Crippen LogP contribution in [-0.4, -0.2) is 9.36 Å². The van der Waals surface area contributed by atoms with Gasteiger partial charge in [-0.15, -0.1) is 0 Å². The fourth-order valence-electron chi connectivity index (χ4n) is 0.429. The second kappa shape index (κ2) is 2.75. The fourth-order valence-corrected chi connectivity index (χ4v) is 0.972. The van der Waals surface area contributed by atoms with Crippen molar-refractivity contribution in [1.82, 2.24) is 9.36 Å². The van der Waals surface area contributed by atoms with Crippen LogP contribution in [0, 0.1) is 0 Å². The lowest BCUT2D eigenvalue weighted by atomic mass is 10.5. The minimum absolute atomic E-state index is 0.423. The molecule has 1 aromatic rings. The van der Waals surface area contributed by atoms with Crippen molar-refractivity contribution in [2.75, 3.05) is 0 Å². The minimum Gasteiger partial charge on any atom is -0.378 e. The van der Waals surface area contributed by atoms with Gasteiger partial charge in [0.05, 0.1) is 0 Å². The molecule has 0 saturated heterocycles. The van der Waals surface area contributed by atoms with Crippen LogP contribution in [0.5, 0.6) is 5.19 Å². The summed E-state index contributed by atoms with van der Waals surface area (Å²) in [4.78, 5) is 8.25. The summed E-state index contributed by atoms with van der Waals surface area (Å²) in [6.45, 7) is 1.97. The highest BCUT2D eigenvalue weighted by atomic mass is 32.1. The molecule has 9 heavy (non-hydrogen) atoms. The molecule has 1 heterocycles. The Labute approximate surface area is 56.8 Å². The smallest absolute Gasteiger partial charge is 0.313 e. The molecule has 0 aliphatic heterocycles.